The van der Waals surface area contributed by atoms with Crippen molar-refractivity contribution in [1.82, 2.24) is 3.82 Å². The fourth-order valence-electron chi connectivity index (χ4n) is 2.65. The van der Waals surface area contributed by atoms with Gasteiger partial charge in [-0.1, -0.05) is 71.5 Å². The van der Waals surface area contributed by atoms with Crippen LogP contribution in [0.1, 0.15) is 12.0 Å². The van der Waals surface area contributed by atoms with Crippen molar-refractivity contribution in [1.29, 1.82) is 0 Å². The van der Waals surface area contributed by atoms with Gasteiger partial charge in [0.25, 0.3) is 0 Å². The molecular weight excluding hydrogens is 321 g/mol. The van der Waals surface area contributed by atoms with E-state index in [4.69, 9.17) is 11.8 Å². The summed E-state index contributed by atoms with van der Waals surface area (Å²) in [6.45, 7) is 8.69. The molecular formula is C19H23BClNS. The lowest BCUT2D eigenvalue weighted by atomic mass is 9.64. The molecule has 1 atom stereocenters. The van der Waals surface area contributed by atoms with Crippen LogP contribution in [0, 0.1) is 5.92 Å². The topological polar surface area (TPSA) is 3.24 Å². The Labute approximate surface area is 150 Å². The molecule has 0 heterocycles. The lowest BCUT2D eigenvalue weighted by Crippen LogP contribution is -2.21. The molecule has 4 heteroatoms. The quantitative estimate of drug-likeness (QED) is 0.301. The van der Waals surface area contributed by atoms with E-state index in [0.29, 0.717) is 12.5 Å². The highest BCUT2D eigenvalue weighted by Gasteiger charge is 2.08. The van der Waals surface area contributed by atoms with Gasteiger partial charge in [-0.05, 0) is 47.9 Å². The fraction of sp³-hybridized carbons (Fsp3) is 0.263. The van der Waals surface area contributed by atoms with Crippen molar-refractivity contribution in [3.63, 3.8) is 0 Å². The van der Waals surface area contributed by atoms with Crippen molar-refractivity contribution in [2.75, 3.05) is 12.8 Å². The van der Waals surface area contributed by atoms with Crippen molar-refractivity contribution < 1.29 is 0 Å². The van der Waals surface area contributed by atoms with Crippen LogP contribution < -0.4 is 5.46 Å². The van der Waals surface area contributed by atoms with Gasteiger partial charge in [-0.15, -0.1) is 13.2 Å². The van der Waals surface area contributed by atoms with E-state index in [2.05, 4.69) is 55.7 Å². The third-order valence-electron chi connectivity index (χ3n) is 3.90. The molecule has 0 amide bonds. The summed E-state index contributed by atoms with van der Waals surface area (Å²) < 4.78 is 1.68. The molecule has 1 unspecified atom stereocenters. The molecule has 0 aromatic heterocycles. The van der Waals surface area contributed by atoms with E-state index in [0.717, 1.165) is 25.6 Å². The molecule has 1 aliphatic carbocycles. The molecule has 23 heavy (non-hydrogen) atoms. The van der Waals surface area contributed by atoms with Crippen LogP contribution in [-0.4, -0.2) is 23.9 Å². The van der Waals surface area contributed by atoms with Crippen LogP contribution in [0.25, 0.3) is 0 Å². The number of halogens is 1. The first-order valence-electron chi connectivity index (χ1n) is 7.82. The van der Waals surface area contributed by atoms with E-state index < -0.39 is 0 Å². The summed E-state index contributed by atoms with van der Waals surface area (Å²) in [6.07, 6.45) is 12.8. The molecule has 1 aromatic carbocycles. The molecule has 0 aliphatic heterocycles. The summed E-state index contributed by atoms with van der Waals surface area (Å²) in [4.78, 5) is 0. The Kier molecular flexibility index (Phi) is 7.29. The van der Waals surface area contributed by atoms with E-state index in [1.54, 1.807) is 3.82 Å². The van der Waals surface area contributed by atoms with Crippen LogP contribution in [0.3, 0.4) is 0 Å². The van der Waals surface area contributed by atoms with Crippen molar-refractivity contribution in [2.24, 2.45) is 5.92 Å². The molecule has 2 rings (SSSR count). The number of benzene rings is 1. The second-order valence-electron chi connectivity index (χ2n) is 5.86. The summed E-state index contributed by atoms with van der Waals surface area (Å²) in [6, 6.07) is 8.80. The average Bonchev–Trinajstić information content (AvgIpc) is 2.56. The minimum atomic E-state index is 0.479. The summed E-state index contributed by atoms with van der Waals surface area (Å²) in [5.41, 5.74) is 5.11. The monoisotopic (exact) mass is 343 g/mol. The van der Waals surface area contributed by atoms with Crippen LogP contribution in [-0.2, 0) is 6.42 Å². The second-order valence-corrected chi connectivity index (χ2v) is 7.27. The molecule has 0 saturated heterocycles. The normalized spacial score (nSPS) is 17.0. The van der Waals surface area contributed by atoms with Gasteiger partial charge in [0.05, 0.1) is 0 Å². The predicted octanol–water partition coefficient (Wildman–Crippen LogP) is 4.23. The smallest absolute Gasteiger partial charge is 0.160 e. The lowest BCUT2D eigenvalue weighted by Gasteiger charge is -2.14. The lowest BCUT2D eigenvalue weighted by molar-refractivity contribution is 0.808. The highest BCUT2D eigenvalue weighted by molar-refractivity contribution is 7.97. The Morgan fingerprint density at radius 2 is 2.17 bits per heavy atom. The third kappa shape index (κ3) is 6.10. The summed E-state index contributed by atoms with van der Waals surface area (Å²) in [5.74, 6) is 0.479. The van der Waals surface area contributed by atoms with Gasteiger partial charge in [-0.25, -0.2) is 0 Å². The SMILES string of the molecule is C=CC1C=C(Cc2ccc(BC(=C)CN(Cl)SC)cc2)C=CC1. The first kappa shape index (κ1) is 18.2. The average molecular weight is 344 g/mol. The van der Waals surface area contributed by atoms with Gasteiger partial charge in [-0.2, -0.15) is 3.82 Å². The minimum absolute atomic E-state index is 0.479. The molecule has 1 aliphatic rings. The Hall–Kier alpha value is -1.16. The maximum atomic E-state index is 6.00. The molecule has 1 aromatic rings. The number of hydrogen-bond donors (Lipinski definition) is 0. The zero-order valence-corrected chi connectivity index (χ0v) is 15.2. The van der Waals surface area contributed by atoms with E-state index >= 15 is 0 Å². The zero-order chi connectivity index (χ0) is 16.7. The first-order valence-corrected chi connectivity index (χ1v) is 9.34. The van der Waals surface area contributed by atoms with Gasteiger partial charge in [0.2, 0.25) is 0 Å². The van der Waals surface area contributed by atoms with Gasteiger partial charge >= 0.3 is 0 Å². The highest BCUT2D eigenvalue weighted by Crippen LogP contribution is 2.20. The van der Waals surface area contributed by atoms with Crippen LogP contribution in [0.5, 0.6) is 0 Å². The van der Waals surface area contributed by atoms with Gasteiger partial charge in [-0.3, -0.25) is 0 Å². The molecule has 0 fully saturated rings. The zero-order valence-electron chi connectivity index (χ0n) is 13.7. The molecule has 120 valence electrons. The maximum absolute atomic E-state index is 6.00. The standard InChI is InChI=1S/C19H23BClNS/c1-4-16-6-5-7-18(12-16)13-17-8-10-19(11-9-17)20-15(2)14-22(21)23-3/h4-5,7-12,16,20H,1-2,6,13-14H2,3H3. The van der Waals surface area contributed by atoms with Crippen LogP contribution in [0.2, 0.25) is 0 Å². The van der Waals surface area contributed by atoms with E-state index in [9.17, 15) is 0 Å². The molecule has 0 bridgehead atoms. The molecule has 0 spiro atoms. The number of rotatable bonds is 8. The van der Waals surface area contributed by atoms with Crippen LogP contribution in [0.4, 0.5) is 0 Å². The van der Waals surface area contributed by atoms with Crippen LogP contribution >= 0.6 is 23.7 Å². The number of hydrogen-bond acceptors (Lipinski definition) is 2. The highest BCUT2D eigenvalue weighted by atomic mass is 35.5. The van der Waals surface area contributed by atoms with Gasteiger partial charge in [0.15, 0.2) is 7.28 Å². The fourth-order valence-corrected chi connectivity index (χ4v) is 3.13. The van der Waals surface area contributed by atoms with Crippen molar-refractivity contribution >= 4 is 36.5 Å². The summed E-state index contributed by atoms with van der Waals surface area (Å²) in [7, 11) is 0.866. The van der Waals surface area contributed by atoms with Crippen LogP contribution in [0.15, 0.2) is 72.8 Å². The Morgan fingerprint density at radius 1 is 1.43 bits per heavy atom. The van der Waals surface area contributed by atoms with Crippen molar-refractivity contribution in [3.8, 4) is 0 Å². The predicted molar refractivity (Wildman–Crippen MR) is 108 cm³/mol. The summed E-state index contributed by atoms with van der Waals surface area (Å²) in [5, 5.41) is 0. The molecule has 0 radical (unpaired) electrons. The first-order chi connectivity index (χ1) is 11.1. The van der Waals surface area contributed by atoms with Crippen molar-refractivity contribution in [2.45, 2.75) is 12.8 Å². The molecule has 1 nitrogen and oxygen atoms in total. The Morgan fingerprint density at radius 3 is 2.83 bits per heavy atom. The minimum Gasteiger partial charge on any atom is -0.160 e. The third-order valence-corrected chi connectivity index (χ3v) is 4.96. The Bertz CT molecular complexity index is 606. The Balaban J connectivity index is 1.92. The van der Waals surface area contributed by atoms with Gasteiger partial charge in [0, 0.05) is 6.54 Å². The largest absolute Gasteiger partial charge is 0.188 e. The second kappa shape index (κ2) is 9.22. The van der Waals surface area contributed by atoms with E-state index in [-0.39, 0.29) is 0 Å². The van der Waals surface area contributed by atoms with Gasteiger partial charge in [0.1, 0.15) is 0 Å². The van der Waals surface area contributed by atoms with E-state index in [1.807, 2.05) is 12.3 Å². The van der Waals surface area contributed by atoms with Gasteiger partial charge < -0.3 is 0 Å². The molecule has 0 saturated carbocycles. The maximum Gasteiger partial charge on any atom is 0.188 e. The molecule has 0 N–H and O–H groups in total. The number of allylic oxidation sites excluding steroid dienone is 5. The van der Waals surface area contributed by atoms with E-state index in [1.165, 1.54) is 28.5 Å². The van der Waals surface area contributed by atoms with Crippen molar-refractivity contribution in [3.05, 3.63) is 78.3 Å². The summed E-state index contributed by atoms with van der Waals surface area (Å²) >= 11 is 7.51. The number of nitrogens with zero attached hydrogens (tertiary/aromatic N) is 1.